The molecule has 4 fully saturated rings. The largest absolute Gasteiger partial charge is 0.494 e. The Labute approximate surface area is 325 Å². The molecule has 8 atom stereocenters. The lowest BCUT2D eigenvalue weighted by Gasteiger charge is -2.44. The summed E-state index contributed by atoms with van der Waals surface area (Å²) >= 11 is 0. The number of nitrogens with zero attached hydrogens (tertiary/aromatic N) is 3. The van der Waals surface area contributed by atoms with Crippen LogP contribution in [0.3, 0.4) is 0 Å². The summed E-state index contributed by atoms with van der Waals surface area (Å²) in [5, 5.41) is 14.8. The van der Waals surface area contributed by atoms with Gasteiger partial charge in [0, 0.05) is 23.1 Å². The first-order valence-electron chi connectivity index (χ1n) is 19.3. The van der Waals surface area contributed by atoms with E-state index >= 15 is 4.79 Å². The maximum atomic E-state index is 15.2. The zero-order valence-electron chi connectivity index (χ0n) is 32.0. The maximum absolute atomic E-state index is 15.2. The Balaban J connectivity index is 1.28. The average molecular weight is 800 g/mol. The van der Waals surface area contributed by atoms with E-state index in [1.165, 1.54) is 18.2 Å². The number of fused-ring (bicyclic) bond motifs is 3. The van der Waals surface area contributed by atoms with Crippen LogP contribution < -0.4 is 19.5 Å². The molecular weight excluding hydrogens is 750 g/mol. The summed E-state index contributed by atoms with van der Waals surface area (Å²) < 4.78 is 58.1. The topological polar surface area (TPSA) is 194 Å². The Kier molecular flexibility index (Phi) is 10.7. The molecule has 0 radical (unpaired) electrons. The van der Waals surface area contributed by atoms with Crippen molar-refractivity contribution in [1.82, 2.24) is 24.8 Å². The van der Waals surface area contributed by atoms with Crippen LogP contribution in [0.5, 0.6) is 11.6 Å². The van der Waals surface area contributed by atoms with Crippen LogP contribution in [-0.4, -0.2) is 120 Å². The summed E-state index contributed by atoms with van der Waals surface area (Å²) in [6.07, 6.45) is 5.06. The lowest BCUT2D eigenvalue weighted by molar-refractivity contribution is -0.151. The Bertz CT molecular complexity index is 2020. The van der Waals surface area contributed by atoms with Crippen LogP contribution in [0.2, 0.25) is 0 Å². The second kappa shape index (κ2) is 15.1. The molecule has 0 bridgehead atoms. The fourth-order valence-corrected chi connectivity index (χ4v) is 10.1. The van der Waals surface area contributed by atoms with E-state index in [4.69, 9.17) is 14.2 Å². The van der Waals surface area contributed by atoms with Crippen molar-refractivity contribution >= 4 is 44.6 Å². The van der Waals surface area contributed by atoms with Crippen LogP contribution in [0.1, 0.15) is 65.7 Å². The van der Waals surface area contributed by atoms with E-state index in [0.29, 0.717) is 30.4 Å². The number of benzene rings is 1. The van der Waals surface area contributed by atoms with Crippen LogP contribution in [0.15, 0.2) is 42.6 Å². The first-order chi connectivity index (χ1) is 26.7. The number of carbonyl (C=O) groups excluding carboxylic acids is 3. The second-order valence-electron chi connectivity index (χ2n) is 16.2. The molecule has 4 heterocycles. The molecule has 17 heteroatoms. The molecule has 7 rings (SSSR count). The standard InChI is InChI=1S/C39H50FN5O10S/c1-22-9-5-6-10-25-17-39(25,36(48)43-56(51,52)38(21-40)13-14-38)42-33(46)29-16-30(55-34-28-12-8-7-11-27(28)31(53-4)18-41-34)24(3)44(29)35(47)32(23(2)15-22)45(37(49)50)26-19-54-20-26/h6-8,10-12,18,22-26,29-30,32H,5,9,13-17,19-21H2,1-4H3,(H,42,46)(H,43,48)(H,49,50)/b10-6-/t22-,23-,24+,25?,29+,30-,32+,39?/m1/s1. The van der Waals surface area contributed by atoms with E-state index in [2.05, 4.69) is 15.0 Å². The van der Waals surface area contributed by atoms with Crippen molar-refractivity contribution in [2.75, 3.05) is 27.0 Å². The van der Waals surface area contributed by atoms with Crippen molar-refractivity contribution in [3.63, 3.8) is 0 Å². The zero-order chi connectivity index (χ0) is 40.2. The molecule has 2 aromatic rings. The summed E-state index contributed by atoms with van der Waals surface area (Å²) in [7, 11) is -2.88. The van der Waals surface area contributed by atoms with Crippen molar-refractivity contribution in [3.05, 3.63) is 42.6 Å². The highest BCUT2D eigenvalue weighted by Gasteiger charge is 2.64. The van der Waals surface area contributed by atoms with Crippen LogP contribution in [0.4, 0.5) is 9.18 Å². The number of carboxylic acid groups (broad SMARTS) is 1. The minimum Gasteiger partial charge on any atom is -0.494 e. The molecule has 3 aliphatic heterocycles. The predicted molar refractivity (Wildman–Crippen MR) is 201 cm³/mol. The molecule has 2 saturated carbocycles. The number of nitrogens with one attached hydrogen (secondary N) is 2. The molecule has 5 aliphatic rings. The molecule has 3 N–H and O–H groups in total. The number of carbonyl (C=O) groups is 4. The minimum absolute atomic E-state index is 0.0562. The van der Waals surface area contributed by atoms with Gasteiger partial charge in [0.1, 0.15) is 40.9 Å². The van der Waals surface area contributed by atoms with Gasteiger partial charge in [0.15, 0.2) is 0 Å². The molecule has 1 aromatic heterocycles. The normalized spacial score (nSPS) is 32.4. The first kappa shape index (κ1) is 39.7. The number of methoxy groups -OCH3 is 1. The summed E-state index contributed by atoms with van der Waals surface area (Å²) in [4.78, 5) is 63.8. The van der Waals surface area contributed by atoms with Gasteiger partial charge in [-0.2, -0.15) is 0 Å². The number of halogens is 1. The van der Waals surface area contributed by atoms with Gasteiger partial charge in [-0.25, -0.2) is 22.6 Å². The second-order valence-corrected chi connectivity index (χ2v) is 18.3. The van der Waals surface area contributed by atoms with Gasteiger partial charge < -0.3 is 29.5 Å². The van der Waals surface area contributed by atoms with Crippen molar-refractivity contribution in [2.24, 2.45) is 17.8 Å². The van der Waals surface area contributed by atoms with Gasteiger partial charge in [-0.15, -0.1) is 0 Å². The van der Waals surface area contributed by atoms with Crippen molar-refractivity contribution in [3.8, 4) is 11.6 Å². The zero-order valence-corrected chi connectivity index (χ0v) is 32.8. The Morgan fingerprint density at radius 3 is 2.48 bits per heavy atom. The van der Waals surface area contributed by atoms with Crippen molar-refractivity contribution in [2.45, 2.75) is 106 Å². The van der Waals surface area contributed by atoms with E-state index in [1.807, 2.05) is 44.2 Å². The van der Waals surface area contributed by atoms with Crippen LogP contribution in [0, 0.1) is 17.8 Å². The molecular formula is C39H50FN5O10S. The van der Waals surface area contributed by atoms with E-state index in [1.54, 1.807) is 13.0 Å². The third kappa shape index (κ3) is 7.05. The summed E-state index contributed by atoms with van der Waals surface area (Å²) in [5.74, 6) is -2.51. The maximum Gasteiger partial charge on any atom is 0.408 e. The lowest BCUT2D eigenvalue weighted by Crippen LogP contribution is -2.64. The Morgan fingerprint density at radius 2 is 1.86 bits per heavy atom. The van der Waals surface area contributed by atoms with Gasteiger partial charge in [0.05, 0.1) is 38.6 Å². The van der Waals surface area contributed by atoms with Crippen LogP contribution in [0.25, 0.3) is 10.8 Å². The van der Waals surface area contributed by atoms with E-state index in [-0.39, 0.29) is 50.7 Å². The smallest absolute Gasteiger partial charge is 0.408 e. The van der Waals surface area contributed by atoms with Crippen molar-refractivity contribution < 1.29 is 51.3 Å². The molecule has 0 spiro atoms. The van der Waals surface area contributed by atoms with Gasteiger partial charge in [-0.3, -0.25) is 24.0 Å². The number of aromatic nitrogens is 1. The highest BCUT2D eigenvalue weighted by molar-refractivity contribution is 7.91. The average Bonchev–Trinajstić information content (AvgIpc) is 4.05. The first-order valence-corrected chi connectivity index (χ1v) is 20.8. The summed E-state index contributed by atoms with van der Waals surface area (Å²) in [6, 6.07) is 3.51. The number of sulfonamides is 1. The van der Waals surface area contributed by atoms with Crippen LogP contribution >= 0.6 is 0 Å². The van der Waals surface area contributed by atoms with E-state index in [0.717, 1.165) is 10.3 Å². The fourth-order valence-electron chi connectivity index (χ4n) is 8.69. The van der Waals surface area contributed by atoms with E-state index in [9.17, 15) is 32.3 Å². The third-order valence-corrected chi connectivity index (χ3v) is 14.6. The molecule has 15 nitrogen and oxygen atoms in total. The molecule has 304 valence electrons. The fraction of sp³-hybridized carbons (Fsp3) is 0.615. The predicted octanol–water partition coefficient (Wildman–Crippen LogP) is 3.56. The lowest BCUT2D eigenvalue weighted by atomic mass is 9.86. The minimum atomic E-state index is -4.41. The third-order valence-electron chi connectivity index (χ3n) is 12.4. The molecule has 1 aromatic carbocycles. The van der Waals surface area contributed by atoms with Crippen LogP contribution in [-0.2, 0) is 29.1 Å². The van der Waals surface area contributed by atoms with E-state index < -0.39 is 92.9 Å². The van der Waals surface area contributed by atoms with Gasteiger partial charge in [-0.1, -0.05) is 44.2 Å². The van der Waals surface area contributed by atoms with Crippen molar-refractivity contribution in [1.29, 1.82) is 0 Å². The quantitative estimate of drug-likeness (QED) is 0.314. The number of hydrogen-bond donors (Lipinski definition) is 3. The number of ether oxygens (including phenoxy) is 3. The molecule has 2 saturated heterocycles. The molecule has 4 amide bonds. The number of alkyl halides is 1. The van der Waals surface area contributed by atoms with Gasteiger partial charge in [0.2, 0.25) is 27.7 Å². The SMILES string of the molecule is COc1cnc(O[C@@H]2C[C@H]3C(=O)NC4(C(=O)NS(=O)(=O)C5(CF)CC5)CC4/C=C\CC[C@@H](C)C[C@@H](C)[C@H](N(C(=O)O)C4COC4)C(=O)N3[C@H]2C)c2ccccc12. The monoisotopic (exact) mass is 799 g/mol. The van der Waals surface area contributed by atoms with Gasteiger partial charge in [0.25, 0.3) is 5.91 Å². The highest BCUT2D eigenvalue weighted by Crippen LogP contribution is 2.48. The summed E-state index contributed by atoms with van der Waals surface area (Å²) in [6.45, 7) is 4.70. The number of allylic oxidation sites excluding steroid dienone is 1. The number of rotatable bonds is 9. The number of hydrogen-bond acceptors (Lipinski definition) is 10. The molecule has 2 unspecified atom stereocenters. The Morgan fingerprint density at radius 1 is 1.14 bits per heavy atom. The number of amides is 4. The van der Waals surface area contributed by atoms with Gasteiger partial charge >= 0.3 is 6.09 Å². The Hall–Kier alpha value is -4.51. The molecule has 2 aliphatic carbocycles. The summed E-state index contributed by atoms with van der Waals surface area (Å²) in [5.41, 5.74) is -1.69. The van der Waals surface area contributed by atoms with Gasteiger partial charge in [-0.05, 0) is 63.4 Å². The molecule has 56 heavy (non-hydrogen) atoms. The highest BCUT2D eigenvalue weighted by atomic mass is 32.2. The number of pyridine rings is 1.